The fourth-order valence-corrected chi connectivity index (χ4v) is 0.545. The molecule has 1 saturated heterocycles. The highest BCUT2D eigenvalue weighted by molar-refractivity contribution is 6.02. The molecule has 1 heterocycles. The number of hydrogen-bond acceptors (Lipinski definition) is 3. The highest BCUT2D eigenvalue weighted by Crippen LogP contribution is 1.99. The Balaban J connectivity index is 2.77. The Kier molecular flexibility index (Phi) is 1.14. The lowest BCUT2D eigenvalue weighted by molar-refractivity contribution is -0.129. The molecule has 0 aromatic rings. The van der Waals surface area contributed by atoms with Crippen molar-refractivity contribution in [1.82, 2.24) is 10.2 Å². The van der Waals surface area contributed by atoms with Gasteiger partial charge in [0.1, 0.15) is 0 Å². The molecule has 2 N–H and O–H groups in total. The average Bonchev–Trinajstić information content (AvgIpc) is 1.98. The van der Waals surface area contributed by atoms with Gasteiger partial charge in [-0.1, -0.05) is 0 Å². The average molecular weight is 130 g/mol. The zero-order chi connectivity index (χ0) is 7.02. The molecule has 1 rings (SSSR count). The fourth-order valence-electron chi connectivity index (χ4n) is 0.545. The van der Waals surface area contributed by atoms with E-state index < -0.39 is 18.2 Å². The molecule has 0 bridgehead atoms. The van der Waals surface area contributed by atoms with Crippen molar-refractivity contribution in [3.63, 3.8) is 0 Å². The number of imide groups is 1. The quantitative estimate of drug-likeness (QED) is 0.391. The summed E-state index contributed by atoms with van der Waals surface area (Å²) in [6, 6.07) is -0.562. The number of nitrogens with one attached hydrogen (secondary N) is 1. The minimum Gasteiger partial charge on any atom is -0.365 e. The lowest BCUT2D eigenvalue weighted by Crippen LogP contribution is -2.30. The van der Waals surface area contributed by atoms with Crippen LogP contribution in [0.2, 0.25) is 0 Å². The first kappa shape index (κ1) is 6.03. The highest BCUT2D eigenvalue weighted by atomic mass is 16.3. The van der Waals surface area contributed by atoms with Crippen molar-refractivity contribution in [2.45, 2.75) is 6.23 Å². The van der Waals surface area contributed by atoms with Crippen LogP contribution in [0.3, 0.4) is 0 Å². The molecule has 3 amide bonds. The summed E-state index contributed by atoms with van der Waals surface area (Å²) in [5.41, 5.74) is 0. The number of aliphatic hydroxyl groups excluding tert-OH is 1. The van der Waals surface area contributed by atoms with E-state index in [0.717, 1.165) is 4.90 Å². The molecule has 50 valence electrons. The largest absolute Gasteiger partial charge is 0.365 e. The van der Waals surface area contributed by atoms with Crippen LogP contribution in [0.4, 0.5) is 4.79 Å². The van der Waals surface area contributed by atoms with E-state index in [1.54, 1.807) is 0 Å². The molecule has 0 aliphatic carbocycles. The number of carbonyl (C=O) groups excluding carboxylic acids is 2. The molecule has 1 aliphatic heterocycles. The summed E-state index contributed by atoms with van der Waals surface area (Å²) >= 11 is 0. The van der Waals surface area contributed by atoms with Crippen LogP contribution in [0, 0.1) is 0 Å². The smallest absolute Gasteiger partial charge is 0.326 e. The summed E-state index contributed by atoms with van der Waals surface area (Å²) in [6.07, 6.45) is -1.31. The monoisotopic (exact) mass is 130 g/mol. The molecule has 1 fully saturated rings. The standard InChI is InChI=1S/C4H6N2O3/c1-6-3(8)2(7)5-4(6)9/h3,8H,1H3,(H,5,7,9)/t3-/m1/s1. The van der Waals surface area contributed by atoms with Crippen molar-refractivity contribution in [2.75, 3.05) is 7.05 Å². The van der Waals surface area contributed by atoms with Gasteiger partial charge < -0.3 is 5.11 Å². The molecule has 9 heavy (non-hydrogen) atoms. The Morgan fingerprint density at radius 2 is 2.22 bits per heavy atom. The zero-order valence-electron chi connectivity index (χ0n) is 4.79. The van der Waals surface area contributed by atoms with Crippen molar-refractivity contribution in [1.29, 1.82) is 0 Å². The zero-order valence-corrected chi connectivity index (χ0v) is 4.79. The van der Waals surface area contributed by atoms with Crippen molar-refractivity contribution < 1.29 is 14.7 Å². The maximum Gasteiger partial charge on any atom is 0.326 e. The van der Waals surface area contributed by atoms with E-state index >= 15 is 0 Å². The maximum absolute atomic E-state index is 10.4. The van der Waals surface area contributed by atoms with Crippen LogP contribution in [0.25, 0.3) is 0 Å². The molecular weight excluding hydrogens is 124 g/mol. The fraction of sp³-hybridized carbons (Fsp3) is 0.500. The lowest BCUT2D eigenvalue weighted by atomic mass is 10.5. The summed E-state index contributed by atoms with van der Waals surface area (Å²) < 4.78 is 0. The normalized spacial score (nSPS) is 26.9. The number of amides is 3. The number of likely N-dealkylation sites (N-methyl/N-ethyl adjacent to an activating group) is 1. The molecule has 0 radical (unpaired) electrons. The molecular formula is C4H6N2O3. The van der Waals surface area contributed by atoms with Crippen LogP contribution in [-0.2, 0) is 4.79 Å². The van der Waals surface area contributed by atoms with E-state index in [9.17, 15) is 9.59 Å². The first-order valence-electron chi connectivity index (χ1n) is 2.38. The van der Waals surface area contributed by atoms with Gasteiger partial charge in [-0.05, 0) is 0 Å². The van der Waals surface area contributed by atoms with Crippen LogP contribution in [0.15, 0.2) is 0 Å². The van der Waals surface area contributed by atoms with Gasteiger partial charge in [-0.3, -0.25) is 15.0 Å². The summed E-state index contributed by atoms with van der Waals surface area (Å²) in [5.74, 6) is -0.664. The Bertz CT molecular complexity index is 149. The van der Waals surface area contributed by atoms with E-state index in [2.05, 4.69) is 0 Å². The van der Waals surface area contributed by atoms with E-state index in [0.29, 0.717) is 0 Å². The van der Waals surface area contributed by atoms with Gasteiger partial charge in [0.2, 0.25) is 6.23 Å². The predicted octanol–water partition coefficient (Wildman–Crippen LogP) is -1.51. The van der Waals surface area contributed by atoms with Gasteiger partial charge in [0, 0.05) is 7.05 Å². The van der Waals surface area contributed by atoms with Gasteiger partial charge in [0.15, 0.2) is 0 Å². The molecule has 0 saturated carbocycles. The minimum absolute atomic E-state index is 0.562. The number of rotatable bonds is 0. The molecule has 0 unspecified atom stereocenters. The second-order valence-corrected chi connectivity index (χ2v) is 1.78. The molecule has 0 spiro atoms. The Labute approximate surface area is 51.3 Å². The maximum atomic E-state index is 10.4. The Hall–Kier alpha value is -1.10. The lowest BCUT2D eigenvalue weighted by Gasteiger charge is -2.07. The van der Waals surface area contributed by atoms with E-state index in [4.69, 9.17) is 5.11 Å². The van der Waals surface area contributed by atoms with Crippen molar-refractivity contribution >= 4 is 11.9 Å². The van der Waals surface area contributed by atoms with Crippen molar-refractivity contribution in [2.24, 2.45) is 0 Å². The Morgan fingerprint density at radius 1 is 1.67 bits per heavy atom. The molecule has 0 aromatic heterocycles. The number of urea groups is 1. The number of aliphatic hydroxyl groups is 1. The Morgan fingerprint density at radius 3 is 2.33 bits per heavy atom. The van der Waals surface area contributed by atoms with Gasteiger partial charge in [0.25, 0.3) is 5.91 Å². The van der Waals surface area contributed by atoms with Gasteiger partial charge in [-0.25, -0.2) is 4.79 Å². The topological polar surface area (TPSA) is 69.6 Å². The van der Waals surface area contributed by atoms with Crippen molar-refractivity contribution in [3.8, 4) is 0 Å². The molecule has 1 atom stereocenters. The molecule has 1 aliphatic rings. The van der Waals surface area contributed by atoms with E-state index in [-0.39, 0.29) is 0 Å². The molecule has 5 nitrogen and oxygen atoms in total. The third kappa shape index (κ3) is 0.746. The SMILES string of the molecule is CN1C(=O)NC(=O)[C@H]1O. The van der Waals surface area contributed by atoms with Crippen LogP contribution in [0.5, 0.6) is 0 Å². The van der Waals surface area contributed by atoms with Gasteiger partial charge >= 0.3 is 6.03 Å². The van der Waals surface area contributed by atoms with Crippen molar-refractivity contribution in [3.05, 3.63) is 0 Å². The molecule has 0 aromatic carbocycles. The highest BCUT2D eigenvalue weighted by Gasteiger charge is 2.33. The van der Waals surface area contributed by atoms with E-state index in [1.165, 1.54) is 7.05 Å². The van der Waals surface area contributed by atoms with Crippen LogP contribution >= 0.6 is 0 Å². The van der Waals surface area contributed by atoms with Crippen LogP contribution in [-0.4, -0.2) is 35.2 Å². The summed E-state index contributed by atoms with van der Waals surface area (Å²) in [5, 5.41) is 10.6. The first-order chi connectivity index (χ1) is 4.13. The van der Waals surface area contributed by atoms with Crippen LogP contribution in [0.1, 0.15) is 0 Å². The predicted molar refractivity (Wildman–Crippen MR) is 27.3 cm³/mol. The van der Waals surface area contributed by atoms with Gasteiger partial charge in [0.05, 0.1) is 0 Å². The summed E-state index contributed by atoms with van der Waals surface area (Å²) in [7, 11) is 1.34. The third-order valence-corrected chi connectivity index (χ3v) is 1.15. The second-order valence-electron chi connectivity index (χ2n) is 1.78. The second kappa shape index (κ2) is 1.70. The summed E-state index contributed by atoms with van der Waals surface area (Å²) in [6.45, 7) is 0. The van der Waals surface area contributed by atoms with Crippen LogP contribution < -0.4 is 5.32 Å². The number of carbonyl (C=O) groups is 2. The third-order valence-electron chi connectivity index (χ3n) is 1.15. The van der Waals surface area contributed by atoms with Gasteiger partial charge in [-0.15, -0.1) is 0 Å². The number of nitrogens with zero attached hydrogens (tertiary/aromatic N) is 1. The minimum atomic E-state index is -1.31. The summed E-state index contributed by atoms with van der Waals surface area (Å²) in [4.78, 5) is 21.7. The first-order valence-corrected chi connectivity index (χ1v) is 2.38. The molecule has 5 heteroatoms. The van der Waals surface area contributed by atoms with Gasteiger partial charge in [-0.2, -0.15) is 0 Å². The number of hydrogen-bond donors (Lipinski definition) is 2. The van der Waals surface area contributed by atoms with E-state index in [1.807, 2.05) is 5.32 Å².